The molecule has 1 unspecified atom stereocenters. The number of nitrogens with one attached hydrogen (secondary N) is 1. The van der Waals surface area contributed by atoms with E-state index in [0.29, 0.717) is 12.7 Å². The lowest BCUT2D eigenvalue weighted by Crippen LogP contribution is -2.26. The molecule has 1 fully saturated rings. The molecule has 118 valence electrons. The molecule has 0 spiro atoms. The van der Waals surface area contributed by atoms with Crippen molar-refractivity contribution in [3.05, 3.63) is 24.0 Å². The lowest BCUT2D eigenvalue weighted by Gasteiger charge is -2.16. The minimum atomic E-state index is -5.62. The van der Waals surface area contributed by atoms with Crippen molar-refractivity contribution in [2.45, 2.75) is 29.3 Å². The zero-order chi connectivity index (χ0) is 15.7. The Morgan fingerprint density at radius 1 is 1.33 bits per heavy atom. The maximum atomic E-state index is 13.1. The molecule has 0 bridgehead atoms. The Morgan fingerprint density at radius 3 is 2.62 bits per heavy atom. The van der Waals surface area contributed by atoms with E-state index in [4.69, 9.17) is 4.74 Å². The minimum absolute atomic E-state index is 0.159. The largest absolute Gasteiger partial charge is 0.501 e. The minimum Gasteiger partial charge on any atom is -0.381 e. The molecule has 9 heteroatoms. The summed E-state index contributed by atoms with van der Waals surface area (Å²) >= 11 is 0. The first-order valence-electron chi connectivity index (χ1n) is 6.18. The van der Waals surface area contributed by atoms with Crippen molar-refractivity contribution in [2.24, 2.45) is 0 Å². The van der Waals surface area contributed by atoms with Crippen molar-refractivity contribution < 1.29 is 30.7 Å². The Balaban J connectivity index is 2.29. The molecular weight excluding hydrogens is 314 g/mol. The Bertz CT molecular complexity index is 609. The quantitative estimate of drug-likeness (QED) is 0.864. The molecule has 1 aromatic rings. The predicted molar refractivity (Wildman–Crippen MR) is 67.1 cm³/mol. The Morgan fingerprint density at radius 2 is 2.05 bits per heavy atom. The molecule has 0 saturated carbocycles. The van der Waals surface area contributed by atoms with Crippen molar-refractivity contribution >= 4 is 15.5 Å². The Hall–Kier alpha value is -1.35. The molecule has 0 aromatic heterocycles. The molecule has 1 aromatic carbocycles. The molecule has 4 nitrogen and oxygen atoms in total. The van der Waals surface area contributed by atoms with Gasteiger partial charge < -0.3 is 10.1 Å². The first-order chi connectivity index (χ1) is 9.72. The zero-order valence-corrected chi connectivity index (χ0v) is 11.6. The highest BCUT2D eigenvalue weighted by Gasteiger charge is 2.48. The van der Waals surface area contributed by atoms with Gasteiger partial charge in [0.2, 0.25) is 0 Å². The number of alkyl halides is 3. The Labute approximate surface area is 119 Å². The van der Waals surface area contributed by atoms with E-state index in [1.54, 1.807) is 0 Å². The van der Waals surface area contributed by atoms with E-state index in [2.05, 4.69) is 5.32 Å². The van der Waals surface area contributed by atoms with Crippen LogP contribution in [0.3, 0.4) is 0 Å². The summed E-state index contributed by atoms with van der Waals surface area (Å²) in [6.45, 7) is 0.718. The summed E-state index contributed by atoms with van der Waals surface area (Å²) in [6.07, 6.45) is 1.37. The predicted octanol–water partition coefficient (Wildman–Crippen LogP) is 2.71. The number of hydrogen-bond donors (Lipinski definition) is 1. The van der Waals surface area contributed by atoms with Gasteiger partial charge in [-0.1, -0.05) is 0 Å². The van der Waals surface area contributed by atoms with E-state index >= 15 is 0 Å². The summed E-state index contributed by atoms with van der Waals surface area (Å²) in [6, 6.07) is 2.23. The summed E-state index contributed by atoms with van der Waals surface area (Å²) in [5.41, 5.74) is -5.77. The molecule has 1 N–H and O–H groups in total. The van der Waals surface area contributed by atoms with Crippen molar-refractivity contribution in [3.63, 3.8) is 0 Å². The summed E-state index contributed by atoms with van der Waals surface area (Å²) in [5, 5.41) is 2.59. The standard InChI is InChI=1S/C12H13F4NO3S/c13-8-3-4-10(17-7-9-2-1-5-20-9)11(6-8)21(18,19)12(14,15)16/h3-4,6,9,17H,1-2,5,7H2. The number of hydrogen-bond acceptors (Lipinski definition) is 4. The smallest absolute Gasteiger partial charge is 0.381 e. The van der Waals surface area contributed by atoms with Gasteiger partial charge in [-0.15, -0.1) is 0 Å². The van der Waals surface area contributed by atoms with Crippen molar-refractivity contribution in [1.82, 2.24) is 0 Å². The van der Waals surface area contributed by atoms with Gasteiger partial charge in [-0.05, 0) is 31.0 Å². The van der Waals surface area contributed by atoms with Gasteiger partial charge in [-0.3, -0.25) is 0 Å². The third-order valence-electron chi connectivity index (χ3n) is 3.08. The number of ether oxygens (including phenoxy) is 1. The fraction of sp³-hybridized carbons (Fsp3) is 0.500. The highest BCUT2D eigenvalue weighted by Crippen LogP contribution is 2.34. The number of benzene rings is 1. The third kappa shape index (κ3) is 3.46. The normalized spacial score (nSPS) is 19.7. The van der Waals surface area contributed by atoms with E-state index in [1.165, 1.54) is 0 Å². The number of rotatable bonds is 4. The van der Waals surface area contributed by atoms with Crippen molar-refractivity contribution in [3.8, 4) is 0 Å². The maximum Gasteiger partial charge on any atom is 0.501 e. The third-order valence-corrected chi connectivity index (χ3v) is 4.61. The van der Waals surface area contributed by atoms with Crippen LogP contribution in [0.2, 0.25) is 0 Å². The topological polar surface area (TPSA) is 55.4 Å². The van der Waals surface area contributed by atoms with Gasteiger partial charge in [-0.2, -0.15) is 13.2 Å². The molecule has 0 amide bonds. The SMILES string of the molecule is O=S(=O)(c1cc(F)ccc1NCC1CCCO1)C(F)(F)F. The first kappa shape index (κ1) is 16.0. The van der Waals surface area contributed by atoms with Crippen LogP contribution in [0.5, 0.6) is 0 Å². The molecule has 0 radical (unpaired) electrons. The highest BCUT2D eigenvalue weighted by molar-refractivity contribution is 7.92. The second-order valence-electron chi connectivity index (χ2n) is 4.61. The van der Waals surface area contributed by atoms with Gasteiger partial charge >= 0.3 is 5.51 Å². The van der Waals surface area contributed by atoms with Crippen LogP contribution in [0.4, 0.5) is 23.2 Å². The van der Waals surface area contributed by atoms with Crippen LogP contribution in [0, 0.1) is 5.82 Å². The van der Waals surface area contributed by atoms with Crippen LogP contribution in [-0.2, 0) is 14.6 Å². The van der Waals surface area contributed by atoms with Crippen molar-refractivity contribution in [2.75, 3.05) is 18.5 Å². The fourth-order valence-electron chi connectivity index (χ4n) is 2.02. The average molecular weight is 327 g/mol. The van der Waals surface area contributed by atoms with E-state index in [-0.39, 0.29) is 18.3 Å². The molecule has 0 aliphatic carbocycles. The summed E-state index contributed by atoms with van der Waals surface area (Å²) in [7, 11) is -5.62. The van der Waals surface area contributed by atoms with E-state index in [1.807, 2.05) is 0 Å². The van der Waals surface area contributed by atoms with Gasteiger partial charge in [0, 0.05) is 13.2 Å². The first-order valence-corrected chi connectivity index (χ1v) is 7.66. The fourth-order valence-corrected chi connectivity index (χ4v) is 2.97. The molecule has 1 heterocycles. The molecule has 1 aliphatic rings. The molecular formula is C12H13F4NO3S. The highest BCUT2D eigenvalue weighted by atomic mass is 32.2. The zero-order valence-electron chi connectivity index (χ0n) is 10.8. The van der Waals surface area contributed by atoms with Gasteiger partial charge in [0.25, 0.3) is 9.84 Å². The lowest BCUT2D eigenvalue weighted by atomic mass is 10.2. The van der Waals surface area contributed by atoms with Crippen LogP contribution in [-0.4, -0.2) is 33.2 Å². The summed E-state index contributed by atoms with van der Waals surface area (Å²) in [4.78, 5) is -1.12. The lowest BCUT2D eigenvalue weighted by molar-refractivity contribution is -0.0435. The monoisotopic (exact) mass is 327 g/mol. The molecule has 1 atom stereocenters. The molecule has 2 rings (SSSR count). The summed E-state index contributed by atoms with van der Waals surface area (Å²) < 4.78 is 79.2. The second kappa shape index (κ2) is 5.80. The van der Waals surface area contributed by atoms with Crippen LogP contribution < -0.4 is 5.32 Å². The van der Waals surface area contributed by atoms with Crippen LogP contribution in [0.25, 0.3) is 0 Å². The van der Waals surface area contributed by atoms with Crippen LogP contribution in [0.1, 0.15) is 12.8 Å². The van der Waals surface area contributed by atoms with E-state index in [0.717, 1.165) is 25.0 Å². The van der Waals surface area contributed by atoms with E-state index < -0.39 is 26.1 Å². The molecule has 21 heavy (non-hydrogen) atoms. The maximum absolute atomic E-state index is 13.1. The second-order valence-corrected chi connectivity index (χ2v) is 6.52. The van der Waals surface area contributed by atoms with Crippen molar-refractivity contribution in [1.29, 1.82) is 0 Å². The number of sulfone groups is 1. The number of halogens is 4. The van der Waals surface area contributed by atoms with Gasteiger partial charge in [0.05, 0.1) is 11.8 Å². The van der Waals surface area contributed by atoms with Gasteiger partial charge in [-0.25, -0.2) is 12.8 Å². The molecule has 1 saturated heterocycles. The summed E-state index contributed by atoms with van der Waals surface area (Å²) in [5.74, 6) is -1.06. The van der Waals surface area contributed by atoms with Gasteiger partial charge in [0.15, 0.2) is 0 Å². The average Bonchev–Trinajstić information content (AvgIpc) is 2.89. The van der Waals surface area contributed by atoms with E-state index in [9.17, 15) is 26.0 Å². The van der Waals surface area contributed by atoms with Crippen LogP contribution in [0.15, 0.2) is 23.1 Å². The number of anilines is 1. The Kier molecular flexibility index (Phi) is 4.43. The molecule has 1 aliphatic heterocycles. The van der Waals surface area contributed by atoms with Gasteiger partial charge in [0.1, 0.15) is 10.7 Å². The van der Waals surface area contributed by atoms with Crippen LogP contribution >= 0.6 is 0 Å².